The van der Waals surface area contributed by atoms with Crippen molar-refractivity contribution in [3.63, 3.8) is 0 Å². The fourth-order valence-electron chi connectivity index (χ4n) is 2.19. The van der Waals surface area contributed by atoms with E-state index in [0.29, 0.717) is 24.0 Å². The molecule has 1 aliphatic rings. The van der Waals surface area contributed by atoms with Gasteiger partial charge in [-0.25, -0.2) is 0 Å². The van der Waals surface area contributed by atoms with Crippen molar-refractivity contribution < 1.29 is 9.90 Å². The van der Waals surface area contributed by atoms with Crippen LogP contribution in [0.15, 0.2) is 18.2 Å². The fourth-order valence-corrected chi connectivity index (χ4v) is 2.64. The second-order valence-corrected chi connectivity index (χ2v) is 6.33. The number of halogens is 2. The Hall–Kier alpha value is -0.490. The van der Waals surface area contributed by atoms with E-state index in [-0.39, 0.29) is 11.7 Å². The molecule has 104 valence electrons. The molecule has 0 saturated heterocycles. The molecule has 1 amide bonds. The fraction of sp³-hybridized carbons (Fsp3) is 0.500. The molecule has 0 aromatic heterocycles. The molecule has 1 aromatic carbocycles. The highest BCUT2D eigenvalue weighted by Gasteiger charge is 2.29. The molecular formula is C14H17ClINO2. The predicted molar refractivity (Wildman–Crippen MR) is 84.8 cm³/mol. The van der Waals surface area contributed by atoms with Crippen molar-refractivity contribution in [1.29, 1.82) is 0 Å². The van der Waals surface area contributed by atoms with Crippen molar-refractivity contribution in [2.75, 3.05) is 12.4 Å². The van der Waals surface area contributed by atoms with Crippen LogP contribution in [0.25, 0.3) is 0 Å². The summed E-state index contributed by atoms with van der Waals surface area (Å²) < 4.78 is 0.755. The second kappa shape index (κ2) is 6.79. The molecule has 1 aromatic rings. The Morgan fingerprint density at radius 3 is 2.74 bits per heavy atom. The molecule has 5 heteroatoms. The summed E-state index contributed by atoms with van der Waals surface area (Å²) in [4.78, 5) is 14.4. The van der Waals surface area contributed by atoms with Crippen LogP contribution in [0.3, 0.4) is 0 Å². The Bertz CT molecular complexity index is 463. The van der Waals surface area contributed by atoms with Gasteiger partial charge in [-0.05, 0) is 66.5 Å². The summed E-state index contributed by atoms with van der Waals surface area (Å²) >= 11 is 7.77. The van der Waals surface area contributed by atoms with Crippen LogP contribution in [-0.4, -0.2) is 34.4 Å². The van der Waals surface area contributed by atoms with Crippen molar-refractivity contribution in [2.24, 2.45) is 0 Å². The molecule has 0 bridgehead atoms. The van der Waals surface area contributed by atoms with Gasteiger partial charge in [0.2, 0.25) is 0 Å². The SMILES string of the molecule is O=C(c1ccc(I)c(O)c1)N(CCCCl)C1CCC1. The third-order valence-electron chi connectivity index (χ3n) is 3.50. The van der Waals surface area contributed by atoms with Crippen LogP contribution in [0, 0.1) is 3.57 Å². The Balaban J connectivity index is 2.15. The molecule has 19 heavy (non-hydrogen) atoms. The maximum absolute atomic E-state index is 12.5. The average molecular weight is 394 g/mol. The van der Waals surface area contributed by atoms with E-state index in [4.69, 9.17) is 11.6 Å². The monoisotopic (exact) mass is 393 g/mol. The Morgan fingerprint density at radius 2 is 2.21 bits per heavy atom. The number of alkyl halides is 1. The highest BCUT2D eigenvalue weighted by molar-refractivity contribution is 14.1. The third-order valence-corrected chi connectivity index (χ3v) is 4.68. The number of nitrogens with zero attached hydrogens (tertiary/aromatic N) is 1. The van der Waals surface area contributed by atoms with Crippen molar-refractivity contribution in [3.05, 3.63) is 27.3 Å². The predicted octanol–water partition coefficient (Wildman–Crippen LogP) is 3.62. The molecular weight excluding hydrogens is 377 g/mol. The Kier molecular flexibility index (Phi) is 5.33. The van der Waals surface area contributed by atoms with Crippen LogP contribution in [-0.2, 0) is 0 Å². The van der Waals surface area contributed by atoms with Gasteiger partial charge in [0, 0.05) is 24.0 Å². The number of benzene rings is 1. The zero-order chi connectivity index (χ0) is 13.8. The molecule has 1 aliphatic carbocycles. The van der Waals surface area contributed by atoms with E-state index in [0.717, 1.165) is 22.8 Å². The van der Waals surface area contributed by atoms with Crippen molar-refractivity contribution in [3.8, 4) is 5.75 Å². The van der Waals surface area contributed by atoms with Gasteiger partial charge < -0.3 is 10.0 Å². The smallest absolute Gasteiger partial charge is 0.254 e. The summed E-state index contributed by atoms with van der Waals surface area (Å²) in [6, 6.07) is 5.44. The van der Waals surface area contributed by atoms with Gasteiger partial charge in [-0.15, -0.1) is 11.6 Å². The molecule has 3 nitrogen and oxygen atoms in total. The number of rotatable bonds is 5. The van der Waals surface area contributed by atoms with Crippen LogP contribution < -0.4 is 0 Å². The van der Waals surface area contributed by atoms with Crippen molar-refractivity contribution in [1.82, 2.24) is 4.90 Å². The first-order chi connectivity index (χ1) is 9.13. The molecule has 0 atom stereocenters. The number of hydrogen-bond donors (Lipinski definition) is 1. The zero-order valence-corrected chi connectivity index (χ0v) is 13.5. The molecule has 0 spiro atoms. The van der Waals surface area contributed by atoms with E-state index in [1.165, 1.54) is 6.42 Å². The summed E-state index contributed by atoms with van der Waals surface area (Å²) in [5.74, 6) is 0.730. The third kappa shape index (κ3) is 3.54. The van der Waals surface area contributed by atoms with Gasteiger partial charge in [0.1, 0.15) is 5.75 Å². The normalized spacial score (nSPS) is 15.1. The standard InChI is InChI=1S/C14H17ClINO2/c15-7-2-8-17(11-3-1-4-11)14(19)10-5-6-12(16)13(18)9-10/h5-6,9,11,18H,1-4,7-8H2. The van der Waals surface area contributed by atoms with E-state index in [1.807, 2.05) is 27.5 Å². The number of carbonyl (C=O) groups excluding carboxylic acids is 1. The number of amides is 1. The van der Waals surface area contributed by atoms with Crippen LogP contribution >= 0.6 is 34.2 Å². The first-order valence-corrected chi connectivity index (χ1v) is 8.10. The van der Waals surface area contributed by atoms with Crippen LogP contribution in [0.5, 0.6) is 5.75 Å². The molecule has 0 unspecified atom stereocenters. The van der Waals surface area contributed by atoms with E-state index in [9.17, 15) is 9.90 Å². The summed E-state index contributed by atoms with van der Waals surface area (Å²) in [6.07, 6.45) is 4.14. The largest absolute Gasteiger partial charge is 0.507 e. The lowest BCUT2D eigenvalue weighted by atomic mass is 9.91. The average Bonchev–Trinajstić information content (AvgIpc) is 2.34. The minimum absolute atomic E-state index is 0.00140. The van der Waals surface area contributed by atoms with Crippen LogP contribution in [0.4, 0.5) is 0 Å². The Labute approximate surface area is 132 Å². The van der Waals surface area contributed by atoms with E-state index in [1.54, 1.807) is 18.2 Å². The van der Waals surface area contributed by atoms with Gasteiger partial charge in [-0.1, -0.05) is 0 Å². The van der Waals surface area contributed by atoms with Gasteiger partial charge in [-0.3, -0.25) is 4.79 Å². The van der Waals surface area contributed by atoms with E-state index >= 15 is 0 Å². The van der Waals surface area contributed by atoms with Crippen molar-refractivity contribution >= 4 is 40.1 Å². The summed E-state index contributed by atoms with van der Waals surface area (Å²) in [5.41, 5.74) is 0.555. The van der Waals surface area contributed by atoms with Crippen LogP contribution in [0.2, 0.25) is 0 Å². The van der Waals surface area contributed by atoms with Gasteiger partial charge in [0.15, 0.2) is 0 Å². The number of hydrogen-bond acceptors (Lipinski definition) is 2. The summed E-state index contributed by atoms with van der Waals surface area (Å²) in [7, 11) is 0. The maximum atomic E-state index is 12.5. The van der Waals surface area contributed by atoms with Crippen molar-refractivity contribution in [2.45, 2.75) is 31.7 Å². The molecule has 1 fully saturated rings. The number of phenolic OH excluding ortho intramolecular Hbond substituents is 1. The summed E-state index contributed by atoms with van der Waals surface area (Å²) in [5, 5.41) is 9.72. The number of phenols is 1. The van der Waals surface area contributed by atoms with E-state index in [2.05, 4.69) is 0 Å². The lowest BCUT2D eigenvalue weighted by Crippen LogP contribution is -2.44. The van der Waals surface area contributed by atoms with E-state index < -0.39 is 0 Å². The molecule has 0 aliphatic heterocycles. The van der Waals surface area contributed by atoms with Gasteiger partial charge >= 0.3 is 0 Å². The lowest BCUT2D eigenvalue weighted by molar-refractivity contribution is 0.0580. The first kappa shape index (κ1) is 14.9. The maximum Gasteiger partial charge on any atom is 0.254 e. The molecule has 1 N–H and O–H groups in total. The first-order valence-electron chi connectivity index (χ1n) is 6.49. The molecule has 1 saturated carbocycles. The number of carbonyl (C=O) groups is 1. The second-order valence-electron chi connectivity index (χ2n) is 4.79. The molecule has 0 heterocycles. The molecule has 0 radical (unpaired) electrons. The minimum atomic E-state index is 0.00140. The van der Waals surface area contributed by atoms with Gasteiger partial charge in [0.05, 0.1) is 3.57 Å². The lowest BCUT2D eigenvalue weighted by Gasteiger charge is -2.37. The molecule has 2 rings (SSSR count). The quantitative estimate of drug-likeness (QED) is 0.613. The van der Waals surface area contributed by atoms with Gasteiger partial charge in [-0.2, -0.15) is 0 Å². The van der Waals surface area contributed by atoms with Gasteiger partial charge in [0.25, 0.3) is 5.91 Å². The Morgan fingerprint density at radius 1 is 1.47 bits per heavy atom. The topological polar surface area (TPSA) is 40.5 Å². The number of aromatic hydroxyl groups is 1. The highest BCUT2D eigenvalue weighted by atomic mass is 127. The highest BCUT2D eigenvalue weighted by Crippen LogP contribution is 2.28. The summed E-state index contributed by atoms with van der Waals surface area (Å²) in [6.45, 7) is 0.694. The van der Waals surface area contributed by atoms with Crippen LogP contribution in [0.1, 0.15) is 36.0 Å². The zero-order valence-electron chi connectivity index (χ0n) is 10.6. The minimum Gasteiger partial charge on any atom is -0.507 e.